The number of benzene rings is 1. The Bertz CT molecular complexity index is 887. The van der Waals surface area contributed by atoms with Gasteiger partial charge in [0.25, 0.3) is 0 Å². The third kappa shape index (κ3) is 6.08. The molecule has 0 N–H and O–H groups in total. The minimum Gasteiger partial charge on any atom is -0.457 e. The van der Waals surface area contributed by atoms with E-state index in [1.165, 1.54) is 0 Å². The molecule has 1 unspecified atom stereocenters. The minimum absolute atomic E-state index is 0.00971. The van der Waals surface area contributed by atoms with E-state index < -0.39 is 11.9 Å². The molecule has 1 aliphatic heterocycles. The van der Waals surface area contributed by atoms with Gasteiger partial charge in [-0.1, -0.05) is 54.6 Å². The first-order valence-corrected chi connectivity index (χ1v) is 10.1. The molecule has 7 heteroatoms. The number of carbonyl (C=O) groups is 2. The Kier molecular flexibility index (Phi) is 8.90. The average Bonchev–Trinajstić information content (AvgIpc) is 2.70. The summed E-state index contributed by atoms with van der Waals surface area (Å²) < 4.78 is 10.6. The van der Waals surface area contributed by atoms with Gasteiger partial charge in [0.2, 0.25) is 5.91 Å². The lowest BCUT2D eigenvalue weighted by Crippen LogP contribution is -2.40. The van der Waals surface area contributed by atoms with E-state index in [1.807, 2.05) is 12.1 Å². The highest BCUT2D eigenvalue weighted by molar-refractivity contribution is 6.31. The minimum atomic E-state index is -0.504. The van der Waals surface area contributed by atoms with Gasteiger partial charge < -0.3 is 14.4 Å². The van der Waals surface area contributed by atoms with E-state index in [9.17, 15) is 9.59 Å². The van der Waals surface area contributed by atoms with Crippen LogP contribution in [0, 0.1) is 0 Å². The smallest absolute Gasteiger partial charge is 0.336 e. The van der Waals surface area contributed by atoms with E-state index in [4.69, 9.17) is 32.7 Å². The number of esters is 1. The number of halogens is 2. The van der Waals surface area contributed by atoms with Crippen LogP contribution in [0.1, 0.15) is 24.8 Å². The van der Waals surface area contributed by atoms with Gasteiger partial charge in [0.05, 0.1) is 12.2 Å². The van der Waals surface area contributed by atoms with E-state index in [0.717, 1.165) is 5.56 Å². The molecule has 0 radical (unpaired) electrons. The molecule has 0 aromatic heterocycles. The van der Waals surface area contributed by atoms with Crippen molar-refractivity contribution in [3.63, 3.8) is 0 Å². The van der Waals surface area contributed by atoms with Gasteiger partial charge in [-0.25, -0.2) is 4.79 Å². The quantitative estimate of drug-likeness (QED) is 0.393. The molecule has 5 nitrogen and oxygen atoms in total. The first kappa shape index (κ1) is 23.9. The molecular formula is C23H25Cl2NO4. The van der Waals surface area contributed by atoms with Crippen molar-refractivity contribution >= 4 is 35.1 Å². The molecular weight excluding hydrogens is 425 g/mol. The maximum Gasteiger partial charge on any atom is 0.336 e. The summed E-state index contributed by atoms with van der Waals surface area (Å²) >= 11 is 11.8. The number of amides is 1. The zero-order chi connectivity index (χ0) is 22.3. The van der Waals surface area contributed by atoms with Gasteiger partial charge in [0.1, 0.15) is 6.61 Å². The van der Waals surface area contributed by atoms with Crippen molar-refractivity contribution in [2.24, 2.45) is 0 Å². The van der Waals surface area contributed by atoms with Crippen LogP contribution in [0.2, 0.25) is 5.02 Å². The summed E-state index contributed by atoms with van der Waals surface area (Å²) in [7, 11) is 1.56. The second kappa shape index (κ2) is 11.2. The van der Waals surface area contributed by atoms with Crippen LogP contribution in [0.25, 0.3) is 0 Å². The van der Waals surface area contributed by atoms with Gasteiger partial charge in [-0.05, 0) is 36.3 Å². The molecule has 0 saturated heterocycles. The summed E-state index contributed by atoms with van der Waals surface area (Å²) in [6.07, 6.45) is 3.28. The summed E-state index contributed by atoms with van der Waals surface area (Å²) in [5, 5.41) is 0.888. The number of rotatable bonds is 9. The van der Waals surface area contributed by atoms with Crippen LogP contribution in [0.15, 0.2) is 71.5 Å². The number of carbonyl (C=O) groups excluding carboxylic acids is 2. The van der Waals surface area contributed by atoms with E-state index in [0.29, 0.717) is 40.0 Å². The van der Waals surface area contributed by atoms with Crippen LogP contribution in [0.5, 0.6) is 0 Å². The van der Waals surface area contributed by atoms with Crippen molar-refractivity contribution < 1.29 is 19.1 Å². The van der Waals surface area contributed by atoms with E-state index >= 15 is 0 Å². The van der Waals surface area contributed by atoms with Gasteiger partial charge in [-0.15, -0.1) is 0 Å². The van der Waals surface area contributed by atoms with Crippen molar-refractivity contribution in [3.05, 3.63) is 82.0 Å². The molecule has 1 aromatic carbocycles. The van der Waals surface area contributed by atoms with Crippen molar-refractivity contribution in [3.8, 4) is 0 Å². The van der Waals surface area contributed by atoms with E-state index in [1.54, 1.807) is 43.2 Å². The van der Waals surface area contributed by atoms with Crippen LogP contribution < -0.4 is 0 Å². The zero-order valence-corrected chi connectivity index (χ0v) is 18.6. The van der Waals surface area contributed by atoms with Crippen LogP contribution >= 0.6 is 23.2 Å². The fraction of sp³-hybridized carbons (Fsp3) is 0.304. The molecule has 2 rings (SSSR count). The summed E-state index contributed by atoms with van der Waals surface area (Å²) in [6, 6.07) is 7.11. The number of hydrogen-bond donors (Lipinski definition) is 0. The lowest BCUT2D eigenvalue weighted by Gasteiger charge is -2.34. The van der Waals surface area contributed by atoms with Gasteiger partial charge >= 0.3 is 5.97 Å². The number of allylic oxidation sites excluding steroid dienone is 3. The van der Waals surface area contributed by atoms with Crippen LogP contribution in [0.4, 0.5) is 0 Å². The molecule has 1 amide bonds. The second-order valence-electron chi connectivity index (χ2n) is 6.79. The molecule has 0 spiro atoms. The van der Waals surface area contributed by atoms with Crippen molar-refractivity contribution in [1.82, 2.24) is 4.90 Å². The molecule has 0 aliphatic carbocycles. The van der Waals surface area contributed by atoms with Crippen molar-refractivity contribution in [2.75, 3.05) is 26.9 Å². The van der Waals surface area contributed by atoms with Gasteiger partial charge in [0.15, 0.2) is 0 Å². The lowest BCUT2D eigenvalue weighted by atomic mass is 9.83. The first-order valence-electron chi connectivity index (χ1n) is 9.38. The molecule has 1 aromatic rings. The van der Waals surface area contributed by atoms with Crippen molar-refractivity contribution in [1.29, 1.82) is 0 Å². The molecule has 30 heavy (non-hydrogen) atoms. The molecule has 1 heterocycles. The van der Waals surface area contributed by atoms with Crippen LogP contribution in [-0.2, 0) is 19.1 Å². The number of hydrogen-bond acceptors (Lipinski definition) is 4. The third-order valence-corrected chi connectivity index (χ3v) is 5.17. The lowest BCUT2D eigenvalue weighted by molar-refractivity contribution is -0.139. The highest BCUT2D eigenvalue weighted by atomic mass is 35.5. The maximum atomic E-state index is 13.1. The predicted molar refractivity (Wildman–Crippen MR) is 119 cm³/mol. The fourth-order valence-corrected chi connectivity index (χ4v) is 3.57. The fourth-order valence-electron chi connectivity index (χ4n) is 3.30. The summed E-state index contributed by atoms with van der Waals surface area (Å²) in [6.45, 7) is 9.75. The molecule has 0 saturated carbocycles. The SMILES string of the molecule is C=C/C(=C\C(=C)Cl)COC(=O)C1=C(C)N(CCOC)C(=O)CC1c1ccc(Cl)cc1. The predicted octanol–water partition coefficient (Wildman–Crippen LogP) is 4.98. The number of nitrogens with zero attached hydrogens (tertiary/aromatic N) is 1. The number of methoxy groups -OCH3 is 1. The largest absolute Gasteiger partial charge is 0.457 e. The Morgan fingerprint density at radius 2 is 2.00 bits per heavy atom. The Hall–Kier alpha value is -2.34. The zero-order valence-electron chi connectivity index (χ0n) is 17.1. The third-order valence-electron chi connectivity index (χ3n) is 4.81. The maximum absolute atomic E-state index is 13.1. The summed E-state index contributed by atoms with van der Waals surface area (Å²) in [5.41, 5.74) is 2.42. The average molecular weight is 450 g/mol. The topological polar surface area (TPSA) is 55.8 Å². The van der Waals surface area contributed by atoms with Gasteiger partial charge in [-0.2, -0.15) is 0 Å². The second-order valence-corrected chi connectivity index (χ2v) is 7.71. The number of ether oxygens (including phenoxy) is 2. The van der Waals surface area contributed by atoms with Crippen LogP contribution in [-0.4, -0.2) is 43.6 Å². The van der Waals surface area contributed by atoms with Gasteiger partial charge in [0, 0.05) is 41.7 Å². The van der Waals surface area contributed by atoms with Gasteiger partial charge in [-0.3, -0.25) is 4.79 Å². The first-order chi connectivity index (χ1) is 14.3. The summed E-state index contributed by atoms with van der Waals surface area (Å²) in [5.74, 6) is -1.01. The van der Waals surface area contributed by atoms with Crippen molar-refractivity contribution in [2.45, 2.75) is 19.3 Å². The molecule has 160 valence electrons. The standard InChI is InChI=1S/C23H25Cl2NO4/c1-5-17(12-15(2)24)14-30-23(28)22-16(3)26(10-11-29-4)21(27)13-20(22)18-6-8-19(25)9-7-18/h5-9,12,20H,1-2,10-11,13-14H2,3-4H3/b17-12+. The molecule has 1 aliphatic rings. The van der Waals surface area contributed by atoms with Crippen LogP contribution in [0.3, 0.4) is 0 Å². The Morgan fingerprint density at radius 1 is 1.33 bits per heavy atom. The Balaban J connectivity index is 2.39. The molecule has 0 fully saturated rings. The Labute approximate surface area is 187 Å². The highest BCUT2D eigenvalue weighted by Gasteiger charge is 2.36. The van der Waals surface area contributed by atoms with E-state index in [2.05, 4.69) is 13.2 Å². The monoisotopic (exact) mass is 449 g/mol. The molecule has 1 atom stereocenters. The summed E-state index contributed by atoms with van der Waals surface area (Å²) in [4.78, 5) is 27.4. The van der Waals surface area contributed by atoms with E-state index in [-0.39, 0.29) is 18.9 Å². The normalized spacial score (nSPS) is 17.2. The Morgan fingerprint density at radius 3 is 2.57 bits per heavy atom. The molecule has 0 bridgehead atoms. The highest BCUT2D eigenvalue weighted by Crippen LogP contribution is 2.37.